The summed E-state index contributed by atoms with van der Waals surface area (Å²) in [5, 5.41) is 10.5. The van der Waals surface area contributed by atoms with E-state index in [0.717, 1.165) is 22.3 Å². The molecule has 112 valence electrons. The fraction of sp³-hybridized carbons (Fsp3) is 0.0909. The van der Waals surface area contributed by atoms with E-state index in [9.17, 15) is 5.11 Å². The van der Waals surface area contributed by atoms with Crippen LogP contribution in [0.4, 0.5) is 0 Å². The SMILES string of the molecule is C=Cc1ccc2c(c1)C1(C=C2C)C=C(O)c2ccc(C=C)cc21. The molecule has 1 heteroatoms. The Morgan fingerprint density at radius 1 is 0.870 bits per heavy atom. The fourth-order valence-corrected chi connectivity index (χ4v) is 3.84. The highest BCUT2D eigenvalue weighted by molar-refractivity contribution is 5.87. The van der Waals surface area contributed by atoms with Crippen LogP contribution in [0.2, 0.25) is 0 Å². The van der Waals surface area contributed by atoms with E-state index in [-0.39, 0.29) is 0 Å². The van der Waals surface area contributed by atoms with Crippen molar-refractivity contribution in [1.29, 1.82) is 0 Å². The zero-order chi connectivity index (χ0) is 16.2. The average molecular weight is 298 g/mol. The van der Waals surface area contributed by atoms with Gasteiger partial charge in [-0.05, 0) is 58.5 Å². The van der Waals surface area contributed by atoms with Crippen molar-refractivity contribution in [2.75, 3.05) is 0 Å². The van der Waals surface area contributed by atoms with E-state index in [4.69, 9.17) is 0 Å². The Balaban J connectivity index is 2.06. The van der Waals surface area contributed by atoms with Crippen LogP contribution in [0.15, 0.2) is 61.7 Å². The quantitative estimate of drug-likeness (QED) is 0.766. The highest BCUT2D eigenvalue weighted by atomic mass is 16.3. The average Bonchev–Trinajstić information content (AvgIpc) is 3.02. The molecular weight excluding hydrogens is 280 g/mol. The van der Waals surface area contributed by atoms with Crippen molar-refractivity contribution in [3.63, 3.8) is 0 Å². The number of hydrogen-bond donors (Lipinski definition) is 1. The summed E-state index contributed by atoms with van der Waals surface area (Å²) in [6.45, 7) is 9.88. The Labute approximate surface area is 136 Å². The fourth-order valence-electron chi connectivity index (χ4n) is 3.84. The van der Waals surface area contributed by atoms with Crippen LogP contribution in [0.3, 0.4) is 0 Å². The van der Waals surface area contributed by atoms with Gasteiger partial charge in [0.2, 0.25) is 0 Å². The molecule has 0 bridgehead atoms. The number of allylic oxidation sites excluding steroid dienone is 3. The highest BCUT2D eigenvalue weighted by Gasteiger charge is 2.43. The molecule has 1 unspecified atom stereocenters. The molecule has 1 N–H and O–H groups in total. The number of rotatable bonds is 2. The van der Waals surface area contributed by atoms with Gasteiger partial charge in [-0.2, -0.15) is 0 Å². The summed E-state index contributed by atoms with van der Waals surface area (Å²) in [5.41, 5.74) is 7.45. The summed E-state index contributed by atoms with van der Waals surface area (Å²) < 4.78 is 0. The van der Waals surface area contributed by atoms with Gasteiger partial charge in [-0.15, -0.1) is 0 Å². The van der Waals surface area contributed by atoms with Gasteiger partial charge < -0.3 is 5.11 Å². The molecule has 0 saturated carbocycles. The maximum absolute atomic E-state index is 10.5. The molecule has 2 aliphatic rings. The van der Waals surface area contributed by atoms with Crippen molar-refractivity contribution in [3.05, 3.63) is 95.1 Å². The molecule has 23 heavy (non-hydrogen) atoms. The molecule has 0 amide bonds. The molecular formula is C22H18O. The van der Waals surface area contributed by atoms with Gasteiger partial charge in [0.1, 0.15) is 5.76 Å². The maximum atomic E-state index is 10.5. The van der Waals surface area contributed by atoms with E-state index in [1.54, 1.807) is 0 Å². The van der Waals surface area contributed by atoms with E-state index in [2.05, 4.69) is 50.4 Å². The molecule has 0 radical (unpaired) electrons. The third-order valence-electron chi connectivity index (χ3n) is 4.96. The van der Waals surface area contributed by atoms with Crippen molar-refractivity contribution in [2.24, 2.45) is 0 Å². The number of fused-ring (bicyclic) bond motifs is 4. The minimum Gasteiger partial charge on any atom is -0.508 e. The molecule has 0 heterocycles. The first-order valence-electron chi connectivity index (χ1n) is 7.75. The van der Waals surface area contributed by atoms with Crippen LogP contribution in [0.25, 0.3) is 23.5 Å². The molecule has 1 nitrogen and oxygen atoms in total. The third-order valence-corrected chi connectivity index (χ3v) is 4.96. The van der Waals surface area contributed by atoms with Gasteiger partial charge >= 0.3 is 0 Å². The van der Waals surface area contributed by atoms with Crippen molar-refractivity contribution >= 4 is 23.5 Å². The number of benzene rings is 2. The molecule has 0 fully saturated rings. The second-order valence-corrected chi connectivity index (χ2v) is 6.24. The lowest BCUT2D eigenvalue weighted by Crippen LogP contribution is -2.19. The van der Waals surface area contributed by atoms with Crippen LogP contribution in [-0.4, -0.2) is 5.11 Å². The Bertz CT molecular complexity index is 847. The van der Waals surface area contributed by atoms with Crippen LogP contribution in [0.5, 0.6) is 0 Å². The monoisotopic (exact) mass is 298 g/mol. The maximum Gasteiger partial charge on any atom is 0.120 e. The van der Waals surface area contributed by atoms with Gasteiger partial charge in [0.05, 0.1) is 5.41 Å². The lowest BCUT2D eigenvalue weighted by atomic mass is 9.77. The van der Waals surface area contributed by atoms with Crippen molar-refractivity contribution in [3.8, 4) is 0 Å². The van der Waals surface area contributed by atoms with Crippen LogP contribution < -0.4 is 0 Å². The first-order valence-corrected chi connectivity index (χ1v) is 7.75. The van der Waals surface area contributed by atoms with E-state index in [0.29, 0.717) is 5.76 Å². The molecule has 4 rings (SSSR count). The predicted molar refractivity (Wildman–Crippen MR) is 98.1 cm³/mol. The van der Waals surface area contributed by atoms with Crippen LogP contribution >= 0.6 is 0 Å². The Morgan fingerprint density at radius 3 is 2.04 bits per heavy atom. The molecule has 2 aliphatic carbocycles. The lowest BCUT2D eigenvalue weighted by Gasteiger charge is -2.24. The van der Waals surface area contributed by atoms with E-state index in [1.165, 1.54) is 16.7 Å². The first-order chi connectivity index (χ1) is 11.1. The van der Waals surface area contributed by atoms with Crippen LogP contribution in [0.1, 0.15) is 40.3 Å². The molecule has 0 saturated heterocycles. The van der Waals surface area contributed by atoms with E-state index >= 15 is 0 Å². The topological polar surface area (TPSA) is 20.2 Å². The normalized spacial score (nSPS) is 20.7. The molecule has 2 aromatic carbocycles. The van der Waals surface area contributed by atoms with Crippen LogP contribution in [-0.2, 0) is 5.41 Å². The van der Waals surface area contributed by atoms with Crippen LogP contribution in [0, 0.1) is 0 Å². The second-order valence-electron chi connectivity index (χ2n) is 6.24. The zero-order valence-corrected chi connectivity index (χ0v) is 13.1. The van der Waals surface area contributed by atoms with Crippen molar-refractivity contribution in [1.82, 2.24) is 0 Å². The zero-order valence-electron chi connectivity index (χ0n) is 13.1. The van der Waals surface area contributed by atoms with Gasteiger partial charge in [0.15, 0.2) is 0 Å². The highest BCUT2D eigenvalue weighted by Crippen LogP contribution is 2.52. The van der Waals surface area contributed by atoms with Gasteiger partial charge in [-0.3, -0.25) is 0 Å². The smallest absolute Gasteiger partial charge is 0.120 e. The minimum absolute atomic E-state index is 0.344. The predicted octanol–water partition coefficient (Wildman–Crippen LogP) is 5.59. The number of aliphatic hydroxyl groups excluding tert-OH is 1. The summed E-state index contributed by atoms with van der Waals surface area (Å²) in [4.78, 5) is 0. The number of hydrogen-bond acceptors (Lipinski definition) is 1. The summed E-state index contributed by atoms with van der Waals surface area (Å²) in [7, 11) is 0. The standard InChI is InChI=1S/C22H18O/c1-4-15-6-8-17-14(3)12-22(19(17)10-15)13-21(23)18-9-7-16(5-2)11-20(18)22/h4-13,23H,1-2H2,3H3. The van der Waals surface area contributed by atoms with Gasteiger partial charge in [0.25, 0.3) is 0 Å². The van der Waals surface area contributed by atoms with Crippen molar-refractivity contribution in [2.45, 2.75) is 12.3 Å². The van der Waals surface area contributed by atoms with Gasteiger partial charge in [-0.1, -0.05) is 55.7 Å². The Kier molecular flexibility index (Phi) is 2.76. The molecule has 0 aromatic heterocycles. The van der Waals surface area contributed by atoms with Gasteiger partial charge in [-0.25, -0.2) is 0 Å². The Hall–Kier alpha value is -2.80. The largest absolute Gasteiger partial charge is 0.508 e. The molecule has 2 aromatic rings. The summed E-state index contributed by atoms with van der Waals surface area (Å²) in [5.74, 6) is 0.344. The summed E-state index contributed by atoms with van der Waals surface area (Å²) >= 11 is 0. The lowest BCUT2D eigenvalue weighted by molar-refractivity contribution is 0.512. The number of aliphatic hydroxyl groups is 1. The summed E-state index contributed by atoms with van der Waals surface area (Å²) in [6, 6.07) is 12.5. The van der Waals surface area contributed by atoms with E-state index < -0.39 is 5.41 Å². The van der Waals surface area contributed by atoms with E-state index in [1.807, 2.05) is 30.4 Å². The third kappa shape index (κ3) is 1.74. The molecule has 1 spiro atoms. The molecule has 1 atom stereocenters. The Morgan fingerprint density at radius 2 is 1.43 bits per heavy atom. The first kappa shape index (κ1) is 13.8. The molecule has 0 aliphatic heterocycles. The second kappa shape index (κ2) is 4.60. The van der Waals surface area contributed by atoms with Gasteiger partial charge in [0, 0.05) is 5.56 Å². The minimum atomic E-state index is -0.392. The van der Waals surface area contributed by atoms with Crippen molar-refractivity contribution < 1.29 is 5.11 Å². The summed E-state index contributed by atoms with van der Waals surface area (Å²) in [6.07, 6.45) is 7.92.